The Balaban J connectivity index is 2.16. The van der Waals surface area contributed by atoms with E-state index in [4.69, 9.17) is 0 Å². The number of hydrogen-bond donors (Lipinski definition) is 0. The van der Waals surface area contributed by atoms with Crippen molar-refractivity contribution in [1.82, 2.24) is 0 Å². The highest BCUT2D eigenvalue weighted by molar-refractivity contribution is 7.79. The standard InChI is InChI=1S/C25H30FPSi/c1-4-28(5-2,6-3)20-21-19-22(26)17-18-25(21)27(23-13-9-7-10-14-23)24-15-11-8-12-16-24/h7-19H,4-6,20H2,1-3H3. The topological polar surface area (TPSA) is 0 Å². The fourth-order valence-electron chi connectivity index (χ4n) is 4.02. The van der Waals surface area contributed by atoms with Gasteiger partial charge in [0, 0.05) is 0 Å². The summed E-state index contributed by atoms with van der Waals surface area (Å²) in [5.41, 5.74) is 1.23. The van der Waals surface area contributed by atoms with Crippen LogP contribution in [0.3, 0.4) is 0 Å². The van der Waals surface area contributed by atoms with Crippen molar-refractivity contribution >= 4 is 31.9 Å². The molecule has 0 unspecified atom stereocenters. The van der Waals surface area contributed by atoms with Crippen molar-refractivity contribution in [3.8, 4) is 0 Å². The molecule has 0 N–H and O–H groups in total. The molecule has 3 aromatic rings. The van der Waals surface area contributed by atoms with Gasteiger partial charge in [-0.2, -0.15) is 0 Å². The van der Waals surface area contributed by atoms with E-state index in [0.29, 0.717) is 0 Å². The predicted octanol–water partition coefficient (Wildman–Crippen LogP) is 6.17. The summed E-state index contributed by atoms with van der Waals surface area (Å²) >= 11 is 0. The second-order valence-corrected chi connectivity index (χ2v) is 15.2. The van der Waals surface area contributed by atoms with Gasteiger partial charge in [0.1, 0.15) is 5.82 Å². The molecule has 0 aliphatic carbocycles. The zero-order valence-electron chi connectivity index (χ0n) is 17.2. The lowest BCUT2D eigenvalue weighted by Gasteiger charge is -2.31. The summed E-state index contributed by atoms with van der Waals surface area (Å²) < 4.78 is 14.3. The molecule has 0 spiro atoms. The Morgan fingerprint density at radius 2 is 1.21 bits per heavy atom. The van der Waals surface area contributed by atoms with Crippen LogP contribution >= 0.6 is 7.92 Å². The monoisotopic (exact) mass is 408 g/mol. The predicted molar refractivity (Wildman–Crippen MR) is 126 cm³/mol. The van der Waals surface area contributed by atoms with E-state index in [1.807, 2.05) is 6.07 Å². The Kier molecular flexibility index (Phi) is 7.21. The highest BCUT2D eigenvalue weighted by Crippen LogP contribution is 2.36. The fraction of sp³-hybridized carbons (Fsp3) is 0.280. The van der Waals surface area contributed by atoms with Gasteiger partial charge in [0.15, 0.2) is 0 Å². The van der Waals surface area contributed by atoms with E-state index < -0.39 is 16.0 Å². The first kappa shape index (κ1) is 21.0. The van der Waals surface area contributed by atoms with E-state index in [-0.39, 0.29) is 5.82 Å². The van der Waals surface area contributed by atoms with Gasteiger partial charge in [0.25, 0.3) is 0 Å². The molecule has 0 aliphatic rings. The smallest absolute Gasteiger partial charge is 0.123 e. The molecule has 0 saturated carbocycles. The minimum atomic E-state index is -1.42. The maximum absolute atomic E-state index is 14.3. The van der Waals surface area contributed by atoms with E-state index in [2.05, 4.69) is 87.5 Å². The lowest BCUT2D eigenvalue weighted by molar-refractivity contribution is 0.627. The zero-order chi connectivity index (χ0) is 20.0. The average molecular weight is 409 g/mol. The molecule has 0 fully saturated rings. The Morgan fingerprint density at radius 3 is 1.68 bits per heavy atom. The normalized spacial score (nSPS) is 11.8. The molecule has 146 valence electrons. The number of halogens is 1. The number of hydrogen-bond acceptors (Lipinski definition) is 0. The van der Waals surface area contributed by atoms with Gasteiger partial charge in [-0.15, -0.1) is 0 Å². The molecular weight excluding hydrogens is 378 g/mol. The maximum Gasteiger partial charge on any atom is 0.123 e. The highest BCUT2D eigenvalue weighted by Gasteiger charge is 2.30. The van der Waals surface area contributed by atoms with Gasteiger partial charge in [-0.3, -0.25) is 0 Å². The molecule has 3 heteroatoms. The van der Waals surface area contributed by atoms with E-state index in [9.17, 15) is 4.39 Å². The minimum Gasteiger partial charge on any atom is -0.207 e. The molecule has 0 atom stereocenters. The third kappa shape index (κ3) is 4.62. The molecule has 0 aliphatic heterocycles. The van der Waals surface area contributed by atoms with Crippen molar-refractivity contribution in [3.05, 3.63) is 90.2 Å². The maximum atomic E-state index is 14.3. The lowest BCUT2D eigenvalue weighted by Crippen LogP contribution is -2.37. The Bertz CT molecular complexity index is 828. The molecule has 0 heterocycles. The van der Waals surface area contributed by atoms with Crippen molar-refractivity contribution in [3.63, 3.8) is 0 Å². The average Bonchev–Trinajstić information content (AvgIpc) is 2.75. The van der Waals surface area contributed by atoms with Crippen LogP contribution in [0.1, 0.15) is 26.3 Å². The summed E-state index contributed by atoms with van der Waals surface area (Å²) in [5, 5.41) is 3.97. The summed E-state index contributed by atoms with van der Waals surface area (Å²) in [6.07, 6.45) is 0. The third-order valence-corrected chi connectivity index (χ3v) is 14.3. The van der Waals surface area contributed by atoms with Gasteiger partial charge < -0.3 is 0 Å². The van der Waals surface area contributed by atoms with Crippen LogP contribution in [0.15, 0.2) is 78.9 Å². The summed E-state index contributed by atoms with van der Waals surface area (Å²) in [4.78, 5) is 0. The van der Waals surface area contributed by atoms with E-state index in [1.54, 1.807) is 6.07 Å². The minimum absolute atomic E-state index is 0.110. The van der Waals surface area contributed by atoms with E-state index >= 15 is 0 Å². The Labute approximate surface area is 171 Å². The first-order chi connectivity index (χ1) is 13.6. The first-order valence-corrected chi connectivity index (χ1v) is 14.5. The molecular formula is C25H30FPSi. The molecule has 3 rings (SSSR count). The van der Waals surface area contributed by atoms with Crippen molar-refractivity contribution in [1.29, 1.82) is 0 Å². The van der Waals surface area contributed by atoms with Crippen LogP contribution in [-0.2, 0) is 6.04 Å². The second-order valence-electron chi connectivity index (χ2n) is 7.52. The van der Waals surface area contributed by atoms with Crippen LogP contribution in [0.2, 0.25) is 18.1 Å². The second kappa shape index (κ2) is 9.63. The van der Waals surface area contributed by atoms with Gasteiger partial charge in [-0.05, 0) is 47.6 Å². The van der Waals surface area contributed by atoms with Gasteiger partial charge in [0.2, 0.25) is 0 Å². The van der Waals surface area contributed by atoms with Crippen molar-refractivity contribution in [2.75, 3.05) is 0 Å². The summed E-state index contributed by atoms with van der Waals surface area (Å²) in [6, 6.07) is 31.8. The van der Waals surface area contributed by atoms with E-state index in [1.165, 1.54) is 39.6 Å². The molecule has 0 radical (unpaired) electrons. The largest absolute Gasteiger partial charge is 0.207 e. The van der Waals surface area contributed by atoms with Crippen LogP contribution in [0.25, 0.3) is 0 Å². The van der Waals surface area contributed by atoms with Crippen LogP contribution in [0.5, 0.6) is 0 Å². The molecule has 0 nitrogen and oxygen atoms in total. The molecule has 0 amide bonds. The highest BCUT2D eigenvalue weighted by atomic mass is 31.1. The van der Waals surface area contributed by atoms with Crippen LogP contribution < -0.4 is 15.9 Å². The van der Waals surface area contributed by atoms with E-state index in [0.717, 1.165) is 6.04 Å². The van der Waals surface area contributed by atoms with Gasteiger partial charge >= 0.3 is 0 Å². The van der Waals surface area contributed by atoms with Gasteiger partial charge in [-0.25, -0.2) is 4.39 Å². The summed E-state index contributed by atoms with van der Waals surface area (Å²) in [7, 11) is -2.11. The van der Waals surface area contributed by atoms with Crippen LogP contribution in [-0.4, -0.2) is 8.07 Å². The van der Waals surface area contributed by atoms with Crippen molar-refractivity contribution < 1.29 is 4.39 Å². The molecule has 3 aromatic carbocycles. The zero-order valence-corrected chi connectivity index (χ0v) is 19.1. The van der Waals surface area contributed by atoms with Gasteiger partial charge in [-0.1, -0.05) is 106 Å². The van der Waals surface area contributed by atoms with Crippen molar-refractivity contribution in [2.45, 2.75) is 44.9 Å². The quantitative estimate of drug-likeness (QED) is 0.309. The molecule has 0 saturated heterocycles. The third-order valence-electron chi connectivity index (χ3n) is 6.13. The molecule has 28 heavy (non-hydrogen) atoms. The molecule has 0 aromatic heterocycles. The fourth-order valence-corrected chi connectivity index (χ4v) is 9.97. The molecule has 0 bridgehead atoms. The van der Waals surface area contributed by atoms with Crippen LogP contribution in [0, 0.1) is 5.82 Å². The summed E-state index contributed by atoms with van der Waals surface area (Å²) in [5.74, 6) is -0.110. The Hall–Kier alpha value is -1.76. The number of rotatable bonds is 8. The number of benzene rings is 3. The van der Waals surface area contributed by atoms with Crippen molar-refractivity contribution in [2.24, 2.45) is 0 Å². The first-order valence-electron chi connectivity index (χ1n) is 10.3. The SMILES string of the molecule is CC[Si](CC)(CC)Cc1cc(F)ccc1P(c1ccccc1)c1ccccc1. The van der Waals surface area contributed by atoms with Crippen LogP contribution in [0.4, 0.5) is 4.39 Å². The summed E-state index contributed by atoms with van der Waals surface area (Å²) in [6.45, 7) is 6.99. The lowest BCUT2D eigenvalue weighted by atomic mass is 10.2. The Morgan fingerprint density at radius 1 is 0.714 bits per heavy atom. The van der Waals surface area contributed by atoms with Gasteiger partial charge in [0.05, 0.1) is 8.07 Å².